The number of carbonyl (C=O) groups excluding carboxylic acids is 6. The Bertz CT molecular complexity index is 795. The van der Waals surface area contributed by atoms with Gasteiger partial charge in [-0.05, 0) is 6.42 Å². The molecule has 3 heterocycles. The molecule has 0 radical (unpaired) electrons. The number of hydrogen-bond acceptors (Lipinski definition) is 7. The monoisotopic (exact) mass is 423 g/mol. The van der Waals surface area contributed by atoms with E-state index in [-0.39, 0.29) is 32.4 Å². The second kappa shape index (κ2) is 8.01. The van der Waals surface area contributed by atoms with Crippen molar-refractivity contribution < 1.29 is 33.9 Å². The van der Waals surface area contributed by atoms with Gasteiger partial charge in [-0.2, -0.15) is 0 Å². The highest BCUT2D eigenvalue weighted by Crippen LogP contribution is 2.31. The Morgan fingerprint density at radius 1 is 1.20 bits per heavy atom. The molecule has 3 aliphatic rings. The number of aliphatic hydroxyl groups excluding tert-OH is 1. The van der Waals surface area contributed by atoms with Crippen molar-refractivity contribution >= 4 is 35.6 Å². The van der Waals surface area contributed by atoms with E-state index in [1.807, 2.05) is 5.32 Å². The van der Waals surface area contributed by atoms with Gasteiger partial charge in [-0.3, -0.25) is 34.2 Å². The van der Waals surface area contributed by atoms with E-state index in [0.29, 0.717) is 0 Å². The predicted molar refractivity (Wildman–Crippen MR) is 99.3 cm³/mol. The van der Waals surface area contributed by atoms with Crippen molar-refractivity contribution in [2.75, 3.05) is 19.6 Å². The fourth-order valence-electron chi connectivity index (χ4n) is 3.87. The summed E-state index contributed by atoms with van der Waals surface area (Å²) in [6.45, 7) is 2.92. The molecule has 0 saturated carbocycles. The molecule has 0 aromatic carbocycles. The summed E-state index contributed by atoms with van der Waals surface area (Å²) >= 11 is 0. The third-order valence-corrected chi connectivity index (χ3v) is 5.40. The number of aliphatic hydroxyl groups is 1. The summed E-state index contributed by atoms with van der Waals surface area (Å²) in [6, 6.07) is -2.43. The number of hydrogen-bond donors (Lipinski definition) is 4. The highest BCUT2D eigenvalue weighted by atomic mass is 16.3. The molecule has 4 N–H and O–H groups in total. The number of nitrogens with one attached hydrogen (secondary N) is 3. The molecule has 0 bridgehead atoms. The third kappa shape index (κ3) is 4.58. The van der Waals surface area contributed by atoms with Crippen LogP contribution in [0.2, 0.25) is 0 Å². The van der Waals surface area contributed by atoms with Crippen molar-refractivity contribution in [3.05, 3.63) is 0 Å². The van der Waals surface area contributed by atoms with Crippen LogP contribution in [0.4, 0.5) is 4.79 Å². The van der Waals surface area contributed by atoms with Crippen molar-refractivity contribution in [1.82, 2.24) is 25.8 Å². The minimum atomic E-state index is -1.04. The quantitative estimate of drug-likeness (QED) is 0.361. The van der Waals surface area contributed by atoms with Crippen molar-refractivity contribution in [1.29, 1.82) is 0 Å². The van der Waals surface area contributed by atoms with E-state index < -0.39 is 65.7 Å². The van der Waals surface area contributed by atoms with Crippen LogP contribution in [0.5, 0.6) is 0 Å². The van der Waals surface area contributed by atoms with Gasteiger partial charge in [-0.15, -0.1) is 0 Å². The standard InChI is InChI=1S/C18H25N5O7/c1-18(2)5-13(26)23(16(18)29)8-14(27)22-6-9(3-10(24)7-22)19-15(28)11-4-12(25)21-17(30)20-11/h9-11,24H,3-8H2,1-2H3,(H,19,28)(H2,20,21,25,30)/t9?,10?,11-/m0/s1. The average Bonchev–Trinajstić information content (AvgIpc) is 2.82. The second-order valence-corrected chi connectivity index (χ2v) is 8.52. The van der Waals surface area contributed by atoms with Gasteiger partial charge in [0.15, 0.2) is 0 Å². The van der Waals surface area contributed by atoms with Gasteiger partial charge in [0.25, 0.3) is 0 Å². The summed E-state index contributed by atoms with van der Waals surface area (Å²) in [5, 5.41) is 17.1. The number of nitrogens with zero attached hydrogens (tertiary/aromatic N) is 2. The number of urea groups is 1. The Balaban J connectivity index is 1.59. The molecule has 0 spiro atoms. The first kappa shape index (κ1) is 21.7. The van der Waals surface area contributed by atoms with Gasteiger partial charge in [0.05, 0.1) is 17.9 Å². The number of piperidine rings is 1. The van der Waals surface area contributed by atoms with Crippen LogP contribution in [0, 0.1) is 5.41 Å². The van der Waals surface area contributed by atoms with Crippen LogP contribution >= 0.6 is 0 Å². The molecule has 0 aromatic rings. The number of β-amino-alcohol motifs (C(OH)–C–C–N with tert-alkyl or cyclic N) is 1. The lowest BCUT2D eigenvalue weighted by molar-refractivity contribution is -0.148. The topological polar surface area (TPSA) is 165 Å². The van der Waals surface area contributed by atoms with Gasteiger partial charge in [-0.25, -0.2) is 4.79 Å². The van der Waals surface area contributed by atoms with Crippen molar-refractivity contribution in [3.8, 4) is 0 Å². The summed E-state index contributed by atoms with van der Waals surface area (Å²) in [6.07, 6.45) is -0.929. The molecule has 30 heavy (non-hydrogen) atoms. The number of imide groups is 2. The molecule has 0 aliphatic carbocycles. The lowest BCUT2D eigenvalue weighted by Crippen LogP contribution is -2.61. The maximum absolute atomic E-state index is 12.7. The van der Waals surface area contributed by atoms with E-state index in [2.05, 4.69) is 10.6 Å². The highest BCUT2D eigenvalue weighted by Gasteiger charge is 2.46. The first-order valence-electron chi connectivity index (χ1n) is 9.67. The molecule has 2 unspecified atom stereocenters. The van der Waals surface area contributed by atoms with E-state index in [4.69, 9.17) is 0 Å². The Morgan fingerprint density at radius 2 is 1.90 bits per heavy atom. The molecule has 12 nitrogen and oxygen atoms in total. The molecular formula is C18H25N5O7. The fraction of sp³-hybridized carbons (Fsp3) is 0.667. The zero-order valence-electron chi connectivity index (χ0n) is 16.8. The average molecular weight is 423 g/mol. The lowest BCUT2D eigenvalue weighted by atomic mass is 9.92. The number of rotatable bonds is 4. The molecule has 164 valence electrons. The van der Waals surface area contributed by atoms with E-state index in [0.717, 1.165) is 4.90 Å². The predicted octanol–water partition coefficient (Wildman–Crippen LogP) is -2.55. The van der Waals surface area contributed by atoms with Crippen LogP contribution in [-0.2, 0) is 24.0 Å². The van der Waals surface area contributed by atoms with Crippen LogP contribution < -0.4 is 16.0 Å². The van der Waals surface area contributed by atoms with Gasteiger partial charge in [0.1, 0.15) is 12.6 Å². The van der Waals surface area contributed by atoms with Gasteiger partial charge in [-0.1, -0.05) is 13.8 Å². The summed E-state index contributed by atoms with van der Waals surface area (Å²) in [4.78, 5) is 74.5. The van der Waals surface area contributed by atoms with Crippen LogP contribution in [0.1, 0.15) is 33.1 Å². The maximum atomic E-state index is 12.7. The first-order valence-corrected chi connectivity index (χ1v) is 9.67. The largest absolute Gasteiger partial charge is 0.391 e. The zero-order valence-corrected chi connectivity index (χ0v) is 16.8. The van der Waals surface area contributed by atoms with Crippen molar-refractivity contribution in [3.63, 3.8) is 0 Å². The summed E-state index contributed by atoms with van der Waals surface area (Å²) in [7, 11) is 0. The van der Waals surface area contributed by atoms with Crippen molar-refractivity contribution in [2.24, 2.45) is 5.41 Å². The molecule has 3 saturated heterocycles. The van der Waals surface area contributed by atoms with Gasteiger partial charge in [0, 0.05) is 25.6 Å². The summed E-state index contributed by atoms with van der Waals surface area (Å²) in [5.74, 6) is -2.54. The molecule has 7 amide bonds. The normalized spacial score (nSPS) is 28.8. The van der Waals surface area contributed by atoms with Crippen LogP contribution in [0.3, 0.4) is 0 Å². The first-order chi connectivity index (χ1) is 14.0. The Kier molecular flexibility index (Phi) is 5.79. The number of likely N-dealkylation sites (tertiary alicyclic amines) is 2. The van der Waals surface area contributed by atoms with E-state index in [9.17, 15) is 33.9 Å². The van der Waals surface area contributed by atoms with Crippen molar-refractivity contribution in [2.45, 2.75) is 51.3 Å². The van der Waals surface area contributed by atoms with E-state index in [1.165, 1.54) is 4.90 Å². The Labute approximate surface area is 172 Å². The van der Waals surface area contributed by atoms with Gasteiger partial charge >= 0.3 is 6.03 Å². The molecule has 12 heteroatoms. The smallest absolute Gasteiger partial charge is 0.322 e. The summed E-state index contributed by atoms with van der Waals surface area (Å²) in [5.41, 5.74) is -0.855. The second-order valence-electron chi connectivity index (χ2n) is 8.52. The third-order valence-electron chi connectivity index (χ3n) is 5.40. The Hall–Kier alpha value is -3.02. The number of amides is 7. The SMILES string of the molecule is CC1(C)CC(=O)N(CC(=O)N2CC(O)CC(NC(=O)[C@@H]3CC(=O)NC(=O)N3)C2)C1=O. The van der Waals surface area contributed by atoms with E-state index in [1.54, 1.807) is 13.8 Å². The molecule has 3 fully saturated rings. The van der Waals surface area contributed by atoms with Crippen LogP contribution in [0.25, 0.3) is 0 Å². The zero-order chi connectivity index (χ0) is 22.2. The molecule has 3 aliphatic heterocycles. The molecule has 3 atom stereocenters. The fourth-order valence-corrected chi connectivity index (χ4v) is 3.87. The van der Waals surface area contributed by atoms with E-state index >= 15 is 0 Å². The molecular weight excluding hydrogens is 398 g/mol. The van der Waals surface area contributed by atoms with Crippen LogP contribution in [-0.4, -0.2) is 88.3 Å². The Morgan fingerprint density at radius 3 is 2.50 bits per heavy atom. The molecule has 3 rings (SSSR count). The lowest BCUT2D eigenvalue weighted by Gasteiger charge is -2.37. The van der Waals surface area contributed by atoms with Gasteiger partial charge in [0.2, 0.25) is 29.5 Å². The summed E-state index contributed by atoms with van der Waals surface area (Å²) < 4.78 is 0. The number of carbonyl (C=O) groups is 6. The maximum Gasteiger partial charge on any atom is 0.322 e. The minimum Gasteiger partial charge on any atom is -0.391 e. The minimum absolute atomic E-state index is 0.00733. The van der Waals surface area contributed by atoms with Crippen LogP contribution in [0.15, 0.2) is 0 Å². The molecule has 0 aromatic heterocycles. The highest BCUT2D eigenvalue weighted by molar-refractivity contribution is 6.07. The van der Waals surface area contributed by atoms with Gasteiger partial charge < -0.3 is 20.6 Å².